The second-order valence-corrected chi connectivity index (χ2v) is 3.08. The summed E-state index contributed by atoms with van der Waals surface area (Å²) in [6, 6.07) is 0. The highest BCUT2D eigenvalue weighted by Gasteiger charge is 2.16. The number of hydrogen-bond acceptors (Lipinski definition) is 3. The maximum absolute atomic E-state index is 11.2. The highest BCUT2D eigenvalue weighted by molar-refractivity contribution is 6.23. The van der Waals surface area contributed by atoms with Gasteiger partial charge in [0.2, 0.25) is 0 Å². The smallest absolute Gasteiger partial charge is 0.341 e. The third-order valence-corrected chi connectivity index (χ3v) is 1.64. The van der Waals surface area contributed by atoms with Crippen LogP contribution in [-0.2, 0) is 14.3 Å². The van der Waals surface area contributed by atoms with Crippen molar-refractivity contribution >= 4 is 11.8 Å². The molecule has 0 aromatic heterocycles. The number of allylic oxidation sites excluding steroid dienone is 1. The molecule has 0 fully saturated rings. The Morgan fingerprint density at radius 3 is 2.29 bits per heavy atom. The first kappa shape index (κ1) is 12.6. The number of hydrogen-bond donors (Lipinski definition) is 0. The Bertz CT molecular complexity index is 264. The molecule has 0 spiro atoms. The molecule has 3 heteroatoms. The van der Waals surface area contributed by atoms with E-state index in [0.717, 1.165) is 12.8 Å². The number of ketones is 1. The average molecular weight is 196 g/mol. The number of esters is 1. The molecule has 0 unspecified atom stereocenters. The van der Waals surface area contributed by atoms with E-state index in [2.05, 4.69) is 13.2 Å². The predicted molar refractivity (Wildman–Crippen MR) is 54.8 cm³/mol. The van der Waals surface area contributed by atoms with Gasteiger partial charge in [-0.05, 0) is 18.9 Å². The summed E-state index contributed by atoms with van der Waals surface area (Å²) in [4.78, 5) is 22.4. The number of unbranched alkanes of at least 4 members (excludes halogenated alkanes) is 1. The fourth-order valence-corrected chi connectivity index (χ4v) is 0.747. The van der Waals surface area contributed by atoms with Crippen LogP contribution in [0.5, 0.6) is 0 Å². The normalized spacial score (nSPS) is 9.29. The lowest BCUT2D eigenvalue weighted by Gasteiger charge is -2.05. The van der Waals surface area contributed by atoms with Crippen molar-refractivity contribution in [3.8, 4) is 0 Å². The zero-order valence-electron chi connectivity index (χ0n) is 8.76. The van der Waals surface area contributed by atoms with Gasteiger partial charge in [0.15, 0.2) is 5.78 Å². The Morgan fingerprint density at radius 1 is 1.29 bits per heavy atom. The second kappa shape index (κ2) is 6.13. The van der Waals surface area contributed by atoms with E-state index in [1.165, 1.54) is 6.92 Å². The van der Waals surface area contributed by atoms with Crippen LogP contribution < -0.4 is 0 Å². The second-order valence-electron chi connectivity index (χ2n) is 3.08. The molecule has 0 rings (SSSR count). The minimum Gasteiger partial charge on any atom is -0.462 e. The van der Waals surface area contributed by atoms with Crippen LogP contribution in [0.15, 0.2) is 24.3 Å². The first-order valence-electron chi connectivity index (χ1n) is 4.57. The van der Waals surface area contributed by atoms with Gasteiger partial charge in [0.05, 0.1) is 12.2 Å². The molecule has 0 amide bonds. The van der Waals surface area contributed by atoms with Gasteiger partial charge in [0.25, 0.3) is 0 Å². The van der Waals surface area contributed by atoms with E-state index in [9.17, 15) is 9.59 Å². The van der Waals surface area contributed by atoms with Crippen molar-refractivity contribution in [3.05, 3.63) is 24.3 Å². The van der Waals surface area contributed by atoms with Gasteiger partial charge in [-0.1, -0.05) is 26.5 Å². The van der Waals surface area contributed by atoms with Crippen molar-refractivity contribution < 1.29 is 14.3 Å². The van der Waals surface area contributed by atoms with Gasteiger partial charge in [-0.3, -0.25) is 4.79 Å². The van der Waals surface area contributed by atoms with E-state index in [1.807, 2.05) is 6.92 Å². The van der Waals surface area contributed by atoms with Crippen molar-refractivity contribution in [1.82, 2.24) is 0 Å². The van der Waals surface area contributed by atoms with E-state index >= 15 is 0 Å². The van der Waals surface area contributed by atoms with E-state index in [1.54, 1.807) is 0 Å². The van der Waals surface area contributed by atoms with E-state index in [4.69, 9.17) is 4.74 Å². The molecule has 0 aliphatic heterocycles. The highest BCUT2D eigenvalue weighted by Crippen LogP contribution is 2.04. The molecular formula is C11H16O3. The summed E-state index contributed by atoms with van der Waals surface area (Å²) in [5.74, 6) is -1.09. The Hall–Kier alpha value is -1.38. The minimum atomic E-state index is -0.647. The SMILES string of the molecule is C=C(C)C(=O)C(=C)C(=O)OCCCC. The molecular weight excluding hydrogens is 180 g/mol. The van der Waals surface area contributed by atoms with Crippen LogP contribution in [0.1, 0.15) is 26.7 Å². The lowest BCUT2D eigenvalue weighted by atomic mass is 10.1. The van der Waals surface area contributed by atoms with Gasteiger partial charge < -0.3 is 4.74 Å². The molecule has 0 saturated carbocycles. The summed E-state index contributed by atoms with van der Waals surface area (Å²) >= 11 is 0. The van der Waals surface area contributed by atoms with E-state index in [-0.39, 0.29) is 5.57 Å². The molecule has 3 nitrogen and oxygen atoms in total. The predicted octanol–water partition coefficient (Wildman–Crippen LogP) is 2.03. The van der Waals surface area contributed by atoms with Crippen molar-refractivity contribution in [3.63, 3.8) is 0 Å². The van der Waals surface area contributed by atoms with Crippen LogP contribution in [0.4, 0.5) is 0 Å². The third kappa shape index (κ3) is 4.03. The van der Waals surface area contributed by atoms with Crippen LogP contribution in [0.25, 0.3) is 0 Å². The van der Waals surface area contributed by atoms with Gasteiger partial charge in [-0.15, -0.1) is 0 Å². The maximum Gasteiger partial charge on any atom is 0.341 e. The van der Waals surface area contributed by atoms with Gasteiger partial charge in [-0.2, -0.15) is 0 Å². The maximum atomic E-state index is 11.2. The number of ether oxygens (including phenoxy) is 1. The Labute approximate surface area is 84.4 Å². The quantitative estimate of drug-likeness (QED) is 0.215. The van der Waals surface area contributed by atoms with Crippen molar-refractivity contribution in [2.45, 2.75) is 26.7 Å². The van der Waals surface area contributed by atoms with Crippen LogP contribution in [0.2, 0.25) is 0 Å². The van der Waals surface area contributed by atoms with Crippen molar-refractivity contribution in [1.29, 1.82) is 0 Å². The molecule has 0 saturated heterocycles. The minimum absolute atomic E-state index is 0.145. The lowest BCUT2D eigenvalue weighted by molar-refractivity contribution is -0.140. The lowest BCUT2D eigenvalue weighted by Crippen LogP contribution is -2.15. The summed E-state index contributed by atoms with van der Waals surface area (Å²) in [6.07, 6.45) is 1.73. The molecule has 0 N–H and O–H groups in total. The topological polar surface area (TPSA) is 43.4 Å². The first-order chi connectivity index (χ1) is 6.50. The van der Waals surface area contributed by atoms with Crippen LogP contribution in [0.3, 0.4) is 0 Å². The van der Waals surface area contributed by atoms with Gasteiger partial charge in [0, 0.05) is 0 Å². The molecule has 14 heavy (non-hydrogen) atoms. The molecule has 0 radical (unpaired) electrons. The zero-order valence-corrected chi connectivity index (χ0v) is 8.76. The summed E-state index contributed by atoms with van der Waals surface area (Å²) in [7, 11) is 0. The Kier molecular flexibility index (Phi) is 5.53. The highest BCUT2D eigenvalue weighted by atomic mass is 16.5. The summed E-state index contributed by atoms with van der Waals surface area (Å²) < 4.78 is 4.82. The molecule has 78 valence electrons. The Morgan fingerprint density at radius 2 is 1.86 bits per heavy atom. The summed E-state index contributed by atoms with van der Waals surface area (Å²) in [6.45, 7) is 10.7. The first-order valence-corrected chi connectivity index (χ1v) is 4.57. The molecule has 0 aromatic rings. The largest absolute Gasteiger partial charge is 0.462 e. The van der Waals surface area contributed by atoms with Gasteiger partial charge in [0.1, 0.15) is 0 Å². The molecule has 0 aliphatic carbocycles. The van der Waals surface area contributed by atoms with Crippen molar-refractivity contribution in [2.24, 2.45) is 0 Å². The number of Topliss-reactive ketones (excluding diaryl/α,β-unsaturated/α-hetero) is 1. The molecule has 0 heterocycles. The number of carbonyl (C=O) groups excluding carboxylic acids is 2. The molecule has 0 aliphatic rings. The molecule has 0 atom stereocenters. The van der Waals surface area contributed by atoms with Gasteiger partial charge >= 0.3 is 5.97 Å². The molecule has 0 bridgehead atoms. The fraction of sp³-hybridized carbons (Fsp3) is 0.455. The number of carbonyl (C=O) groups is 2. The summed E-state index contributed by atoms with van der Waals surface area (Å²) in [5, 5.41) is 0. The molecule has 0 aromatic carbocycles. The Balaban J connectivity index is 4.07. The fourth-order valence-electron chi connectivity index (χ4n) is 0.747. The number of rotatable bonds is 6. The van der Waals surface area contributed by atoms with Crippen LogP contribution in [-0.4, -0.2) is 18.4 Å². The summed E-state index contributed by atoms with van der Waals surface area (Å²) in [5.41, 5.74) is 0.149. The monoisotopic (exact) mass is 196 g/mol. The van der Waals surface area contributed by atoms with E-state index in [0.29, 0.717) is 12.2 Å². The average Bonchev–Trinajstić information content (AvgIpc) is 2.15. The van der Waals surface area contributed by atoms with Crippen LogP contribution >= 0.6 is 0 Å². The third-order valence-electron chi connectivity index (χ3n) is 1.64. The standard InChI is InChI=1S/C11H16O3/c1-5-6-7-14-11(13)9(4)10(12)8(2)3/h2,4-7H2,1,3H3. The van der Waals surface area contributed by atoms with E-state index < -0.39 is 11.8 Å². The zero-order chi connectivity index (χ0) is 11.1. The van der Waals surface area contributed by atoms with Gasteiger partial charge in [-0.25, -0.2) is 4.79 Å². The van der Waals surface area contributed by atoms with Crippen molar-refractivity contribution in [2.75, 3.05) is 6.61 Å². The van der Waals surface area contributed by atoms with Crippen LogP contribution in [0, 0.1) is 0 Å².